The molecule has 2 unspecified atom stereocenters. The number of unbranched alkanes of at least 4 members (excludes halogenated alkanes) is 26. The zero-order valence-electron chi connectivity index (χ0n) is 49.5. The number of esters is 3. The molecule has 4 aromatic carbocycles. The second kappa shape index (κ2) is 37.1. The molecule has 0 saturated carbocycles. The molecular weight excluding hydrogens is 1020 g/mol. The Morgan fingerprint density at radius 1 is 0.412 bits per heavy atom. The molecule has 0 aromatic heterocycles. The van der Waals surface area contributed by atoms with E-state index < -0.39 is 40.3 Å². The van der Waals surface area contributed by atoms with Crippen molar-refractivity contribution in [2.45, 2.75) is 231 Å². The number of thioether (sulfide) groups is 1. The van der Waals surface area contributed by atoms with E-state index in [4.69, 9.17) is 23.7 Å². The van der Waals surface area contributed by atoms with Crippen molar-refractivity contribution >= 4 is 29.7 Å². The summed E-state index contributed by atoms with van der Waals surface area (Å²) >= 11 is 1.14. The minimum Gasteiger partial charge on any atom is -0.494 e. The third-order valence-corrected chi connectivity index (χ3v) is 17.2. The van der Waals surface area contributed by atoms with E-state index in [0.717, 1.165) is 37.4 Å². The minimum atomic E-state index is -1.61. The molecule has 0 fully saturated rings. The van der Waals surface area contributed by atoms with Crippen LogP contribution in [0, 0.1) is 5.92 Å². The zero-order valence-corrected chi connectivity index (χ0v) is 50.3. The maximum absolute atomic E-state index is 13.2. The Hall–Kier alpha value is -5.10. The van der Waals surface area contributed by atoms with Gasteiger partial charge in [-0.2, -0.15) is 0 Å². The molecule has 0 spiro atoms. The summed E-state index contributed by atoms with van der Waals surface area (Å²) in [5.41, 5.74) is -1.48. The highest BCUT2D eigenvalue weighted by Gasteiger charge is 2.51. The van der Waals surface area contributed by atoms with Crippen molar-refractivity contribution in [3.63, 3.8) is 0 Å². The fraction of sp³-hybridized carbons (Fsp3) is 0.580. The van der Waals surface area contributed by atoms with Crippen LogP contribution in [-0.2, 0) is 20.7 Å². The van der Waals surface area contributed by atoms with E-state index in [0.29, 0.717) is 47.0 Å². The van der Waals surface area contributed by atoms with Gasteiger partial charge in [-0.25, -0.2) is 14.4 Å². The molecule has 4 aromatic rings. The third-order valence-electron chi connectivity index (χ3n) is 15.6. The Morgan fingerprint density at radius 2 is 0.725 bits per heavy atom. The van der Waals surface area contributed by atoms with Crippen LogP contribution < -0.4 is 18.9 Å². The molecule has 1 heterocycles. The second-order valence-electron chi connectivity index (χ2n) is 22.4. The number of hydrogen-bond donors (Lipinski definition) is 2. The van der Waals surface area contributed by atoms with Crippen molar-refractivity contribution in [2.24, 2.45) is 5.92 Å². The van der Waals surface area contributed by atoms with E-state index in [1.807, 2.05) is 0 Å². The zero-order chi connectivity index (χ0) is 57.3. The van der Waals surface area contributed by atoms with Crippen LogP contribution in [0.15, 0.2) is 108 Å². The van der Waals surface area contributed by atoms with Gasteiger partial charge >= 0.3 is 17.9 Å². The van der Waals surface area contributed by atoms with Crippen molar-refractivity contribution in [2.75, 3.05) is 19.8 Å². The first-order valence-electron chi connectivity index (χ1n) is 31.0. The van der Waals surface area contributed by atoms with E-state index in [9.17, 15) is 24.6 Å². The summed E-state index contributed by atoms with van der Waals surface area (Å²) in [7, 11) is 0. The lowest BCUT2D eigenvalue weighted by Crippen LogP contribution is -2.45. The smallest absolute Gasteiger partial charge is 0.344 e. The summed E-state index contributed by atoms with van der Waals surface area (Å²) in [4.78, 5) is 39.8. The van der Waals surface area contributed by atoms with Crippen LogP contribution in [0.2, 0.25) is 0 Å². The van der Waals surface area contributed by atoms with Crippen molar-refractivity contribution in [1.82, 2.24) is 0 Å². The van der Waals surface area contributed by atoms with Crippen LogP contribution in [0.5, 0.6) is 23.0 Å². The molecule has 440 valence electrons. The van der Waals surface area contributed by atoms with Gasteiger partial charge in [0.15, 0.2) is 0 Å². The van der Waals surface area contributed by atoms with Crippen molar-refractivity contribution < 1.29 is 48.3 Å². The predicted molar refractivity (Wildman–Crippen MR) is 326 cm³/mol. The molecule has 5 rings (SSSR count). The van der Waals surface area contributed by atoms with Gasteiger partial charge in [0.05, 0.1) is 52.3 Å². The summed E-state index contributed by atoms with van der Waals surface area (Å²) in [5.74, 6) is -0.397. The number of aliphatic hydroxyl groups is 2. The first-order chi connectivity index (χ1) is 38.9. The molecule has 2 N–H and O–H groups in total. The highest BCUT2D eigenvalue weighted by molar-refractivity contribution is 8.04. The van der Waals surface area contributed by atoms with Gasteiger partial charge in [0, 0.05) is 5.92 Å². The summed E-state index contributed by atoms with van der Waals surface area (Å²) in [6.45, 7) is 11.0. The molecule has 10 nitrogen and oxygen atoms in total. The quantitative estimate of drug-likeness (QED) is 0.0249. The van der Waals surface area contributed by atoms with Gasteiger partial charge in [-0.1, -0.05) is 211 Å². The van der Waals surface area contributed by atoms with Crippen LogP contribution in [0.25, 0.3) is 0 Å². The fourth-order valence-corrected chi connectivity index (χ4v) is 12.0. The normalized spacial score (nSPS) is 15.6. The predicted octanol–water partition coefficient (Wildman–Crippen LogP) is 18.1. The standard InChI is InChI=1S/C69H98O10S/c1-6-9-11-13-15-17-19-21-23-25-27-29-31-33-51-76-58-43-35-54(36-44-58)65(70)78-60-47-39-56(40-48-60)68(4,73)62-53-63(67(72)75-8-3)80-64(62)69(5,74)57-41-49-61(50-42-57)79-66(71)55-37-45-59(46-38-55)77-52-34-32-30-28-26-24-22-20-18-16-14-12-10-7-2/h35-50,53,62,64,73-74H,6-34,51-52H2,1-5H3/t62-,64-,68?,69?/m0/s1. The molecular formula is C69H98O10S. The van der Waals surface area contributed by atoms with Gasteiger partial charge in [-0.15, -0.1) is 11.8 Å². The molecule has 0 radical (unpaired) electrons. The first kappa shape index (κ1) is 65.7. The Balaban J connectivity index is 1.05. The maximum atomic E-state index is 13.2. The van der Waals surface area contributed by atoms with Crippen molar-refractivity contribution in [1.29, 1.82) is 0 Å². The third kappa shape index (κ3) is 23.0. The number of benzene rings is 4. The average Bonchev–Trinajstić information content (AvgIpc) is 3.94. The van der Waals surface area contributed by atoms with Crippen LogP contribution >= 0.6 is 11.8 Å². The Kier molecular flexibility index (Phi) is 30.5. The molecule has 0 bridgehead atoms. The van der Waals surface area contributed by atoms with Crippen LogP contribution in [0.4, 0.5) is 0 Å². The average molecular weight is 1120 g/mol. The number of carbonyl (C=O) groups excluding carboxylic acids is 3. The van der Waals surface area contributed by atoms with E-state index >= 15 is 0 Å². The molecule has 0 aliphatic carbocycles. The molecule has 4 atom stereocenters. The van der Waals surface area contributed by atoms with Gasteiger partial charge < -0.3 is 33.9 Å². The van der Waals surface area contributed by atoms with Crippen LogP contribution in [0.1, 0.15) is 246 Å². The maximum Gasteiger partial charge on any atom is 0.344 e. The van der Waals surface area contributed by atoms with Gasteiger partial charge in [0.2, 0.25) is 0 Å². The molecule has 80 heavy (non-hydrogen) atoms. The van der Waals surface area contributed by atoms with E-state index in [-0.39, 0.29) is 23.0 Å². The van der Waals surface area contributed by atoms with Gasteiger partial charge in [0.1, 0.15) is 23.0 Å². The van der Waals surface area contributed by atoms with E-state index in [1.54, 1.807) is 124 Å². The SMILES string of the molecule is CCCCCCCCCCCCCCCCOc1ccc(C(=O)Oc2ccc(C(C)(O)[C@H]3C=C(C(=O)OCC)S[C@@H]3C(C)(O)c3ccc(OC(=O)c4ccc(OCCCCCCCCCCCCCCCC)cc4)cc3)cc2)cc1. The summed E-state index contributed by atoms with van der Waals surface area (Å²) in [5, 5.41) is 24.0. The molecule has 11 heteroatoms. The highest BCUT2D eigenvalue weighted by Crippen LogP contribution is 2.52. The van der Waals surface area contributed by atoms with Gasteiger partial charge in [-0.3, -0.25) is 0 Å². The molecule has 1 aliphatic heterocycles. The van der Waals surface area contributed by atoms with Gasteiger partial charge in [0.25, 0.3) is 0 Å². The van der Waals surface area contributed by atoms with E-state index in [1.165, 1.54) is 154 Å². The van der Waals surface area contributed by atoms with Crippen molar-refractivity contribution in [3.8, 4) is 23.0 Å². The van der Waals surface area contributed by atoms with E-state index in [2.05, 4.69) is 13.8 Å². The van der Waals surface area contributed by atoms with Gasteiger partial charge in [-0.05, 0) is 118 Å². The Bertz CT molecular complexity index is 2380. The van der Waals surface area contributed by atoms with Crippen LogP contribution in [-0.4, -0.2) is 53.2 Å². The molecule has 1 aliphatic rings. The molecule has 0 saturated heterocycles. The first-order valence-corrected chi connectivity index (χ1v) is 31.9. The Morgan fingerprint density at radius 3 is 1.06 bits per heavy atom. The number of rotatable bonds is 42. The monoisotopic (exact) mass is 1120 g/mol. The summed E-state index contributed by atoms with van der Waals surface area (Å²) in [6.07, 6.45) is 38.2. The summed E-state index contributed by atoms with van der Waals surface area (Å²) in [6, 6.07) is 27.1. The minimum absolute atomic E-state index is 0.161. The largest absolute Gasteiger partial charge is 0.494 e. The van der Waals surface area contributed by atoms with Crippen LogP contribution in [0.3, 0.4) is 0 Å². The lowest BCUT2D eigenvalue weighted by atomic mass is 9.74. The number of hydrogen-bond acceptors (Lipinski definition) is 11. The lowest BCUT2D eigenvalue weighted by molar-refractivity contribution is -0.137. The fourth-order valence-electron chi connectivity index (χ4n) is 10.5. The molecule has 0 amide bonds. The highest BCUT2D eigenvalue weighted by atomic mass is 32.2. The van der Waals surface area contributed by atoms with Crippen molar-refractivity contribution in [3.05, 3.63) is 130 Å². The number of ether oxygens (including phenoxy) is 5. The Labute approximate surface area is 485 Å². The summed E-state index contributed by atoms with van der Waals surface area (Å²) < 4.78 is 28.7. The lowest BCUT2D eigenvalue weighted by Gasteiger charge is -2.40. The topological polar surface area (TPSA) is 138 Å². The number of carbonyl (C=O) groups is 3. The second-order valence-corrected chi connectivity index (χ2v) is 23.6.